The lowest BCUT2D eigenvalue weighted by molar-refractivity contribution is -0.138. The number of carbonyl (C=O) groups is 1. The molecule has 5 heteroatoms. The van der Waals surface area contributed by atoms with Crippen LogP contribution in [0.4, 0.5) is 0 Å². The van der Waals surface area contributed by atoms with Crippen molar-refractivity contribution in [2.45, 2.75) is 18.3 Å². The number of hydrogen-bond acceptors (Lipinski definition) is 3. The molecule has 0 aliphatic heterocycles. The van der Waals surface area contributed by atoms with Crippen molar-refractivity contribution in [3.05, 3.63) is 29.3 Å². The molecule has 0 heterocycles. The van der Waals surface area contributed by atoms with Crippen molar-refractivity contribution in [2.24, 2.45) is 5.73 Å². The minimum Gasteiger partial charge on any atom is -0.508 e. The molecule has 1 atom stereocenters. The van der Waals surface area contributed by atoms with E-state index >= 15 is 0 Å². The first-order valence-electron chi connectivity index (χ1n) is 4.39. The van der Waals surface area contributed by atoms with Gasteiger partial charge >= 0.3 is 5.97 Å². The normalized spacial score (nSPS) is 12.4. The molecule has 1 aromatic carbocycles. The number of halogens is 1. The van der Waals surface area contributed by atoms with Crippen LogP contribution in [0.3, 0.4) is 0 Å². The lowest BCUT2D eigenvalue weighted by Gasteiger charge is -2.08. The fraction of sp³-hybridized carbons (Fsp3) is 0.300. The van der Waals surface area contributed by atoms with Crippen molar-refractivity contribution in [3.8, 4) is 5.75 Å². The van der Waals surface area contributed by atoms with Crippen LogP contribution in [-0.2, 0) is 17.1 Å². The Morgan fingerprint density at radius 3 is 2.73 bits per heavy atom. The van der Waals surface area contributed by atoms with E-state index in [1.807, 2.05) is 0 Å². The molecule has 82 valence electrons. The molecule has 0 aliphatic rings. The lowest BCUT2D eigenvalue weighted by Crippen LogP contribution is -2.32. The highest BCUT2D eigenvalue weighted by atomic mass is 35.5. The zero-order valence-corrected chi connectivity index (χ0v) is 8.74. The van der Waals surface area contributed by atoms with Crippen LogP contribution in [0.25, 0.3) is 0 Å². The quantitative estimate of drug-likeness (QED) is 0.675. The Morgan fingerprint density at radius 2 is 2.20 bits per heavy atom. The Labute approximate surface area is 92.3 Å². The molecule has 0 saturated carbocycles. The number of rotatable bonds is 4. The first-order valence-corrected chi connectivity index (χ1v) is 4.93. The highest BCUT2D eigenvalue weighted by Crippen LogP contribution is 2.20. The summed E-state index contributed by atoms with van der Waals surface area (Å²) in [5.41, 5.74) is 6.71. The highest BCUT2D eigenvalue weighted by molar-refractivity contribution is 6.17. The van der Waals surface area contributed by atoms with E-state index in [2.05, 4.69) is 0 Å². The van der Waals surface area contributed by atoms with Crippen molar-refractivity contribution in [3.63, 3.8) is 0 Å². The van der Waals surface area contributed by atoms with Gasteiger partial charge in [0.15, 0.2) is 0 Å². The molecule has 4 N–H and O–H groups in total. The molecule has 0 aromatic heterocycles. The second-order valence-corrected chi connectivity index (χ2v) is 3.51. The van der Waals surface area contributed by atoms with Gasteiger partial charge in [0.05, 0.1) is 5.88 Å². The predicted molar refractivity (Wildman–Crippen MR) is 57.0 cm³/mol. The van der Waals surface area contributed by atoms with E-state index in [0.717, 1.165) is 5.56 Å². The molecular formula is C10H12ClNO3. The summed E-state index contributed by atoms with van der Waals surface area (Å²) in [6.07, 6.45) is 0.222. The lowest BCUT2D eigenvalue weighted by atomic mass is 10.0. The largest absolute Gasteiger partial charge is 0.508 e. The number of carboxylic acids is 1. The van der Waals surface area contributed by atoms with E-state index in [0.29, 0.717) is 5.56 Å². The Kier molecular flexibility index (Phi) is 3.94. The molecule has 1 rings (SSSR count). The third kappa shape index (κ3) is 3.11. The number of benzene rings is 1. The minimum atomic E-state index is -1.05. The molecular weight excluding hydrogens is 218 g/mol. The van der Waals surface area contributed by atoms with E-state index in [1.165, 1.54) is 6.07 Å². The topological polar surface area (TPSA) is 83.5 Å². The SMILES string of the molecule is N[C@@H](Cc1ccc(O)c(CCl)c1)C(=O)O. The van der Waals surface area contributed by atoms with Crippen LogP contribution in [0.15, 0.2) is 18.2 Å². The maximum Gasteiger partial charge on any atom is 0.320 e. The van der Waals surface area contributed by atoms with Crippen molar-refractivity contribution < 1.29 is 15.0 Å². The fourth-order valence-electron chi connectivity index (χ4n) is 1.21. The summed E-state index contributed by atoms with van der Waals surface area (Å²) >= 11 is 5.60. The van der Waals surface area contributed by atoms with Gasteiger partial charge in [-0.2, -0.15) is 0 Å². The highest BCUT2D eigenvalue weighted by Gasteiger charge is 2.12. The Balaban J connectivity index is 2.83. The first kappa shape index (κ1) is 11.8. The average Bonchev–Trinajstić information content (AvgIpc) is 2.20. The van der Waals surface area contributed by atoms with Crippen molar-refractivity contribution in [2.75, 3.05) is 0 Å². The molecule has 0 unspecified atom stereocenters. The predicted octanol–water partition coefficient (Wildman–Crippen LogP) is 1.09. The zero-order chi connectivity index (χ0) is 11.4. The summed E-state index contributed by atoms with van der Waals surface area (Å²) < 4.78 is 0. The van der Waals surface area contributed by atoms with Crippen LogP contribution < -0.4 is 5.73 Å². The summed E-state index contributed by atoms with van der Waals surface area (Å²) in [5, 5.41) is 18.0. The van der Waals surface area contributed by atoms with E-state index in [-0.39, 0.29) is 18.1 Å². The number of carboxylic acid groups (broad SMARTS) is 1. The molecule has 0 bridgehead atoms. The summed E-state index contributed by atoms with van der Waals surface area (Å²) in [4.78, 5) is 10.5. The van der Waals surface area contributed by atoms with Gasteiger partial charge in [-0.15, -0.1) is 11.6 Å². The monoisotopic (exact) mass is 229 g/mol. The van der Waals surface area contributed by atoms with Crippen LogP contribution in [-0.4, -0.2) is 22.2 Å². The van der Waals surface area contributed by atoms with E-state index in [4.69, 9.17) is 22.4 Å². The Hall–Kier alpha value is -1.26. The summed E-state index contributed by atoms with van der Waals surface area (Å²) in [5.74, 6) is -0.754. The number of phenols is 1. The number of nitrogens with two attached hydrogens (primary N) is 1. The van der Waals surface area contributed by atoms with E-state index < -0.39 is 12.0 Å². The van der Waals surface area contributed by atoms with Gasteiger partial charge in [0.1, 0.15) is 11.8 Å². The van der Waals surface area contributed by atoms with Crippen LogP contribution >= 0.6 is 11.6 Å². The van der Waals surface area contributed by atoms with Gasteiger partial charge in [-0.05, 0) is 18.1 Å². The molecule has 1 aromatic rings. The number of phenolic OH excluding ortho intramolecular Hbond substituents is 1. The smallest absolute Gasteiger partial charge is 0.320 e. The van der Waals surface area contributed by atoms with Crippen molar-refractivity contribution in [1.29, 1.82) is 0 Å². The number of hydrogen-bond donors (Lipinski definition) is 3. The molecule has 0 aliphatic carbocycles. The first-order chi connectivity index (χ1) is 7.04. The van der Waals surface area contributed by atoms with Gasteiger partial charge in [-0.1, -0.05) is 12.1 Å². The van der Waals surface area contributed by atoms with Gasteiger partial charge in [0.2, 0.25) is 0 Å². The number of aromatic hydroxyl groups is 1. The summed E-state index contributed by atoms with van der Waals surface area (Å²) in [6.45, 7) is 0. The number of aliphatic carboxylic acids is 1. The minimum absolute atomic E-state index is 0.109. The standard InChI is InChI=1S/C10H12ClNO3/c11-5-7-3-6(1-2-9(7)13)4-8(12)10(14)15/h1-3,8,13H,4-5,12H2,(H,14,15)/t8-/m0/s1. The third-order valence-corrected chi connectivity index (χ3v) is 2.35. The van der Waals surface area contributed by atoms with E-state index in [9.17, 15) is 9.90 Å². The van der Waals surface area contributed by atoms with Crippen LogP contribution in [0.1, 0.15) is 11.1 Å². The molecule has 15 heavy (non-hydrogen) atoms. The second-order valence-electron chi connectivity index (χ2n) is 3.25. The van der Waals surface area contributed by atoms with Gasteiger partial charge in [-0.3, -0.25) is 4.79 Å². The maximum atomic E-state index is 10.5. The van der Waals surface area contributed by atoms with E-state index in [1.54, 1.807) is 12.1 Å². The van der Waals surface area contributed by atoms with Gasteiger partial charge < -0.3 is 15.9 Å². The Bertz CT molecular complexity index is 368. The van der Waals surface area contributed by atoms with Gasteiger partial charge in [0.25, 0.3) is 0 Å². The molecule has 4 nitrogen and oxygen atoms in total. The second kappa shape index (κ2) is 5.00. The van der Waals surface area contributed by atoms with Crippen molar-refractivity contribution >= 4 is 17.6 Å². The summed E-state index contributed by atoms with van der Waals surface area (Å²) in [7, 11) is 0. The fourth-order valence-corrected chi connectivity index (χ4v) is 1.43. The van der Waals surface area contributed by atoms with Crippen molar-refractivity contribution in [1.82, 2.24) is 0 Å². The maximum absolute atomic E-state index is 10.5. The molecule has 0 saturated heterocycles. The molecule has 0 amide bonds. The number of alkyl halides is 1. The average molecular weight is 230 g/mol. The van der Waals surface area contributed by atoms with Crippen LogP contribution in [0, 0.1) is 0 Å². The molecule has 0 spiro atoms. The Morgan fingerprint density at radius 1 is 1.53 bits per heavy atom. The summed E-state index contributed by atoms with van der Waals surface area (Å²) in [6, 6.07) is 3.85. The van der Waals surface area contributed by atoms with Gasteiger partial charge in [-0.25, -0.2) is 0 Å². The van der Waals surface area contributed by atoms with Crippen LogP contribution in [0.5, 0.6) is 5.75 Å². The zero-order valence-electron chi connectivity index (χ0n) is 7.98. The third-order valence-electron chi connectivity index (χ3n) is 2.06. The molecule has 0 radical (unpaired) electrons. The van der Waals surface area contributed by atoms with Gasteiger partial charge in [0, 0.05) is 5.56 Å². The van der Waals surface area contributed by atoms with Crippen LogP contribution in [0.2, 0.25) is 0 Å². The molecule has 0 fully saturated rings.